The van der Waals surface area contributed by atoms with Crippen molar-refractivity contribution in [3.05, 3.63) is 162 Å². The number of fused-ring (bicyclic) bond motifs is 3. The number of benzene rings is 5. The van der Waals surface area contributed by atoms with E-state index in [0.29, 0.717) is 5.25 Å². The van der Waals surface area contributed by atoms with Crippen molar-refractivity contribution < 1.29 is 0 Å². The molecule has 0 aromatic heterocycles. The van der Waals surface area contributed by atoms with E-state index < -0.39 is 0 Å². The van der Waals surface area contributed by atoms with Crippen molar-refractivity contribution >= 4 is 57.4 Å². The third-order valence-electron chi connectivity index (χ3n) is 7.36. The van der Waals surface area contributed by atoms with Gasteiger partial charge in [-0.2, -0.15) is 0 Å². The fourth-order valence-electron chi connectivity index (χ4n) is 5.63. The van der Waals surface area contributed by atoms with Gasteiger partial charge in [0.1, 0.15) is 0 Å². The van der Waals surface area contributed by atoms with Crippen molar-refractivity contribution in [2.24, 2.45) is 0 Å². The van der Waals surface area contributed by atoms with Crippen LogP contribution in [0.4, 0.5) is 28.4 Å². The van der Waals surface area contributed by atoms with Gasteiger partial charge in [-0.25, -0.2) is 0 Å². The molecule has 5 aromatic carbocycles. The number of halogens is 1. The summed E-state index contributed by atoms with van der Waals surface area (Å²) in [6.07, 6.45) is 5.60. The largest absolute Gasteiger partial charge is 0.310 e. The molecule has 0 amide bonds. The molecule has 2 nitrogen and oxygen atoms in total. The van der Waals surface area contributed by atoms with Crippen molar-refractivity contribution in [3.63, 3.8) is 0 Å². The van der Waals surface area contributed by atoms with Gasteiger partial charge in [0.2, 0.25) is 0 Å². The zero-order valence-electron chi connectivity index (χ0n) is 21.8. The van der Waals surface area contributed by atoms with E-state index in [4.69, 9.17) is 11.6 Å². The van der Waals surface area contributed by atoms with Crippen LogP contribution in [0.25, 0.3) is 5.57 Å². The van der Waals surface area contributed by atoms with Gasteiger partial charge in [0, 0.05) is 43.6 Å². The van der Waals surface area contributed by atoms with Crippen LogP contribution >= 0.6 is 23.4 Å². The number of hydrogen-bond donors (Lipinski definition) is 0. The summed E-state index contributed by atoms with van der Waals surface area (Å²) in [6, 6.07) is 46.9. The van der Waals surface area contributed by atoms with Gasteiger partial charge in [-0.3, -0.25) is 0 Å². The Morgan fingerprint density at radius 3 is 1.75 bits per heavy atom. The van der Waals surface area contributed by atoms with Crippen molar-refractivity contribution in [1.29, 1.82) is 0 Å². The SMILES string of the molecule is Clc1ccc2c(c1)C1=C(N(c3ccccc3)c3cccc(N(c4ccccc4)c4ccccc4)c3)C=CCC1S2. The van der Waals surface area contributed by atoms with Gasteiger partial charge in [-0.05, 0) is 96.4 Å². The minimum Gasteiger partial charge on any atom is -0.310 e. The predicted octanol–water partition coefficient (Wildman–Crippen LogP) is 10.8. The fraction of sp³-hybridized carbons (Fsp3) is 0.0556. The molecular formula is C36H27ClN2S. The minimum atomic E-state index is 0.369. The van der Waals surface area contributed by atoms with E-state index in [0.717, 1.165) is 39.9 Å². The zero-order valence-corrected chi connectivity index (χ0v) is 23.4. The smallest absolute Gasteiger partial charge is 0.0508 e. The molecule has 1 heterocycles. The molecule has 0 saturated carbocycles. The number of allylic oxidation sites excluding steroid dienone is 2. The summed E-state index contributed by atoms with van der Waals surface area (Å²) in [7, 11) is 0. The van der Waals surface area contributed by atoms with E-state index in [9.17, 15) is 0 Å². The lowest BCUT2D eigenvalue weighted by Crippen LogP contribution is -2.21. The molecule has 1 aliphatic heterocycles. The number of rotatable bonds is 6. The van der Waals surface area contributed by atoms with Crippen LogP contribution < -0.4 is 9.80 Å². The first-order chi connectivity index (χ1) is 19.8. The molecule has 0 saturated heterocycles. The van der Waals surface area contributed by atoms with E-state index >= 15 is 0 Å². The number of hydrogen-bond acceptors (Lipinski definition) is 3. The number of nitrogens with zero attached hydrogens (tertiary/aromatic N) is 2. The lowest BCUT2D eigenvalue weighted by atomic mass is 9.93. The van der Waals surface area contributed by atoms with E-state index in [2.05, 4.69) is 149 Å². The van der Waals surface area contributed by atoms with Crippen LogP contribution in [0.2, 0.25) is 5.02 Å². The Labute approximate surface area is 244 Å². The monoisotopic (exact) mass is 554 g/mol. The highest BCUT2D eigenvalue weighted by atomic mass is 35.5. The highest BCUT2D eigenvalue weighted by Gasteiger charge is 2.34. The predicted molar refractivity (Wildman–Crippen MR) is 171 cm³/mol. The molecule has 0 radical (unpaired) electrons. The summed E-state index contributed by atoms with van der Waals surface area (Å²) in [4.78, 5) is 6.00. The summed E-state index contributed by atoms with van der Waals surface area (Å²) in [5.41, 5.74) is 9.35. The van der Waals surface area contributed by atoms with Gasteiger partial charge >= 0.3 is 0 Å². The van der Waals surface area contributed by atoms with Gasteiger partial charge in [-0.15, -0.1) is 11.8 Å². The number of anilines is 5. The summed E-state index contributed by atoms with van der Waals surface area (Å²) in [5, 5.41) is 1.14. The fourth-order valence-corrected chi connectivity index (χ4v) is 7.13. The van der Waals surface area contributed by atoms with Gasteiger partial charge in [0.05, 0.1) is 5.70 Å². The molecular weight excluding hydrogens is 528 g/mol. The Hall–Kier alpha value is -4.18. The summed E-state index contributed by atoms with van der Waals surface area (Å²) >= 11 is 8.46. The minimum absolute atomic E-state index is 0.369. The van der Waals surface area contributed by atoms with Crippen LogP contribution in [-0.4, -0.2) is 5.25 Å². The van der Waals surface area contributed by atoms with Gasteiger partial charge in [-0.1, -0.05) is 78.3 Å². The molecule has 2 aliphatic rings. The first kappa shape index (κ1) is 24.8. The van der Waals surface area contributed by atoms with Crippen LogP contribution in [0.3, 0.4) is 0 Å². The quantitative estimate of drug-likeness (QED) is 0.206. The average Bonchev–Trinajstić information content (AvgIpc) is 3.38. The summed E-state index contributed by atoms with van der Waals surface area (Å²) < 4.78 is 0. The highest BCUT2D eigenvalue weighted by molar-refractivity contribution is 8.00. The molecule has 0 bridgehead atoms. The lowest BCUT2D eigenvalue weighted by Gasteiger charge is -2.32. The number of para-hydroxylation sites is 3. The highest BCUT2D eigenvalue weighted by Crippen LogP contribution is 2.52. The van der Waals surface area contributed by atoms with Crippen molar-refractivity contribution in [3.8, 4) is 0 Å². The van der Waals surface area contributed by atoms with Gasteiger partial charge in [0.15, 0.2) is 0 Å². The average molecular weight is 555 g/mol. The third-order valence-corrected chi connectivity index (χ3v) is 8.91. The third kappa shape index (κ3) is 4.62. The first-order valence-electron chi connectivity index (χ1n) is 13.5. The topological polar surface area (TPSA) is 6.48 Å². The summed E-state index contributed by atoms with van der Waals surface area (Å²) in [5.74, 6) is 0. The van der Waals surface area contributed by atoms with E-state index in [1.54, 1.807) is 0 Å². The second-order valence-electron chi connectivity index (χ2n) is 9.88. The van der Waals surface area contributed by atoms with Crippen molar-refractivity contribution in [2.45, 2.75) is 16.6 Å². The van der Waals surface area contributed by atoms with Gasteiger partial charge in [0.25, 0.3) is 0 Å². The standard InChI is InChI=1S/C36H27ClN2S/c37-26-22-23-34-32(24-26)36-33(20-11-21-35(36)40-34)39(29-16-8-3-9-17-29)31-19-10-18-30(25-31)38(27-12-4-1-5-13-27)28-14-6-2-7-15-28/h1-20,22-25,35H,21H2. The van der Waals surface area contributed by atoms with Crippen LogP contribution in [-0.2, 0) is 0 Å². The maximum absolute atomic E-state index is 6.52. The Bertz CT molecular complexity index is 1680. The molecule has 4 heteroatoms. The van der Waals surface area contributed by atoms with Crippen molar-refractivity contribution in [2.75, 3.05) is 9.80 Å². The normalized spacial score (nSPS) is 15.5. The van der Waals surface area contributed by atoms with E-state index in [1.165, 1.54) is 21.7 Å². The van der Waals surface area contributed by atoms with Crippen molar-refractivity contribution in [1.82, 2.24) is 0 Å². The molecule has 0 N–H and O–H groups in total. The summed E-state index contributed by atoms with van der Waals surface area (Å²) in [6.45, 7) is 0. The van der Waals surface area contributed by atoms with E-state index in [-0.39, 0.29) is 0 Å². The molecule has 0 fully saturated rings. The Morgan fingerprint density at radius 2 is 1.12 bits per heavy atom. The molecule has 194 valence electrons. The molecule has 1 atom stereocenters. The Kier molecular flexibility index (Phi) is 6.68. The van der Waals surface area contributed by atoms with Crippen LogP contribution in [0, 0.1) is 0 Å². The zero-order chi connectivity index (χ0) is 26.9. The molecule has 7 rings (SSSR count). The molecule has 40 heavy (non-hydrogen) atoms. The number of thioether (sulfide) groups is 1. The molecule has 1 unspecified atom stereocenters. The second kappa shape index (κ2) is 10.8. The van der Waals surface area contributed by atoms with Crippen LogP contribution in [0.15, 0.2) is 156 Å². The lowest BCUT2D eigenvalue weighted by molar-refractivity contribution is 1.04. The van der Waals surface area contributed by atoms with E-state index in [1.807, 2.05) is 17.8 Å². The molecule has 5 aromatic rings. The first-order valence-corrected chi connectivity index (χ1v) is 14.7. The Balaban J connectivity index is 1.42. The molecule has 0 spiro atoms. The van der Waals surface area contributed by atoms with Crippen LogP contribution in [0.1, 0.15) is 12.0 Å². The van der Waals surface area contributed by atoms with Gasteiger partial charge < -0.3 is 9.80 Å². The maximum atomic E-state index is 6.52. The maximum Gasteiger partial charge on any atom is 0.0508 e. The second-order valence-corrected chi connectivity index (χ2v) is 11.6. The van der Waals surface area contributed by atoms with Crippen LogP contribution in [0.5, 0.6) is 0 Å². The molecule has 1 aliphatic carbocycles. The Morgan fingerprint density at radius 1 is 0.575 bits per heavy atom.